The fraction of sp³-hybridized carbons (Fsp3) is 0.250. The Morgan fingerprint density at radius 2 is 2.17 bits per heavy atom. The van der Waals surface area contributed by atoms with Crippen LogP contribution >= 0.6 is 0 Å². The van der Waals surface area contributed by atoms with Crippen molar-refractivity contribution in [3.8, 4) is 0 Å². The Balaban J connectivity index is 2.18. The summed E-state index contributed by atoms with van der Waals surface area (Å²) in [4.78, 5) is 35.0. The number of carbonyl (C=O) groups excluding carboxylic acids is 2. The summed E-state index contributed by atoms with van der Waals surface area (Å²) in [6.07, 6.45) is 0.270. The van der Waals surface area contributed by atoms with Gasteiger partial charge in [-0.15, -0.1) is 0 Å². The fourth-order valence-electron chi connectivity index (χ4n) is 1.87. The minimum absolute atomic E-state index is 0.0203. The maximum atomic E-state index is 11.6. The number of hydrogen-bond donors (Lipinski definition) is 2. The van der Waals surface area contributed by atoms with E-state index in [0.29, 0.717) is 5.56 Å². The smallest absolute Gasteiger partial charge is 0.322 e. The molecule has 0 fully saturated rings. The molecule has 6 nitrogen and oxygen atoms in total. The normalized spacial score (nSPS) is 13.4. The van der Waals surface area contributed by atoms with Gasteiger partial charge in [0.15, 0.2) is 0 Å². The molecule has 1 aromatic rings. The number of carboxylic acids is 1. The molecule has 1 aliphatic rings. The van der Waals surface area contributed by atoms with Gasteiger partial charge in [0.25, 0.3) is 5.91 Å². The first-order valence-electron chi connectivity index (χ1n) is 5.38. The van der Waals surface area contributed by atoms with Crippen LogP contribution in [-0.4, -0.2) is 36.5 Å². The number of amides is 2. The van der Waals surface area contributed by atoms with Crippen LogP contribution in [-0.2, 0) is 16.0 Å². The molecule has 1 heterocycles. The molecule has 0 saturated carbocycles. The molecule has 0 unspecified atom stereocenters. The molecule has 0 aromatic heterocycles. The van der Waals surface area contributed by atoms with Crippen molar-refractivity contribution in [2.45, 2.75) is 6.42 Å². The number of hydrogen-bond acceptors (Lipinski definition) is 3. The average Bonchev–Trinajstić information content (AvgIpc) is 2.61. The van der Waals surface area contributed by atoms with Crippen molar-refractivity contribution in [1.29, 1.82) is 0 Å². The quantitative estimate of drug-likeness (QED) is 0.789. The summed E-state index contributed by atoms with van der Waals surface area (Å²) in [5, 5.41) is 10.7. The van der Waals surface area contributed by atoms with Crippen molar-refractivity contribution < 1.29 is 19.5 Å². The maximum Gasteiger partial charge on any atom is 0.322 e. The topological polar surface area (TPSA) is 86.7 Å². The average molecular weight is 248 g/mol. The molecule has 2 amide bonds. The van der Waals surface area contributed by atoms with Crippen LogP contribution < -0.4 is 10.2 Å². The van der Waals surface area contributed by atoms with E-state index in [1.165, 1.54) is 4.90 Å². The zero-order valence-corrected chi connectivity index (χ0v) is 9.77. The first-order chi connectivity index (χ1) is 8.49. The molecule has 0 atom stereocenters. The Bertz CT molecular complexity index is 539. The zero-order chi connectivity index (χ0) is 13.3. The molecule has 0 spiro atoms. The standard InChI is InChI=1S/C12H12N2O4/c1-14-9-3-2-7(4-8(9)5-10(14)15)12(18)13-6-11(16)17/h2-4H,5-6H2,1H3,(H,13,18)(H,16,17). The number of likely N-dealkylation sites (N-methyl/N-ethyl adjacent to an activating group) is 1. The molecular weight excluding hydrogens is 236 g/mol. The second kappa shape index (κ2) is 4.48. The van der Waals surface area contributed by atoms with Crippen molar-refractivity contribution in [3.05, 3.63) is 29.3 Å². The van der Waals surface area contributed by atoms with E-state index in [-0.39, 0.29) is 12.3 Å². The lowest BCUT2D eigenvalue weighted by Crippen LogP contribution is -2.29. The Hall–Kier alpha value is -2.37. The van der Waals surface area contributed by atoms with Crippen molar-refractivity contribution in [2.24, 2.45) is 0 Å². The van der Waals surface area contributed by atoms with Crippen LogP contribution in [0, 0.1) is 0 Å². The largest absolute Gasteiger partial charge is 0.480 e. The van der Waals surface area contributed by atoms with Crippen LogP contribution in [0.15, 0.2) is 18.2 Å². The minimum atomic E-state index is -1.10. The van der Waals surface area contributed by atoms with Crippen molar-refractivity contribution >= 4 is 23.5 Å². The van der Waals surface area contributed by atoms with E-state index in [2.05, 4.69) is 5.32 Å². The van der Waals surface area contributed by atoms with Crippen LogP contribution in [0.25, 0.3) is 0 Å². The fourth-order valence-corrected chi connectivity index (χ4v) is 1.87. The molecular formula is C12H12N2O4. The molecule has 0 bridgehead atoms. The van der Waals surface area contributed by atoms with Crippen LogP contribution in [0.4, 0.5) is 5.69 Å². The highest BCUT2D eigenvalue weighted by Gasteiger charge is 2.24. The molecule has 1 aliphatic heterocycles. The van der Waals surface area contributed by atoms with E-state index in [0.717, 1.165) is 11.3 Å². The zero-order valence-electron chi connectivity index (χ0n) is 9.77. The maximum absolute atomic E-state index is 11.6. The predicted octanol–water partition coefficient (Wildman–Crippen LogP) is 0.0199. The summed E-state index contributed by atoms with van der Waals surface area (Å²) in [6.45, 7) is -0.422. The van der Waals surface area contributed by atoms with E-state index >= 15 is 0 Å². The van der Waals surface area contributed by atoms with E-state index in [9.17, 15) is 14.4 Å². The summed E-state index contributed by atoms with van der Waals surface area (Å²) in [7, 11) is 1.68. The van der Waals surface area contributed by atoms with Crippen LogP contribution in [0.3, 0.4) is 0 Å². The first kappa shape index (κ1) is 12.1. The van der Waals surface area contributed by atoms with Gasteiger partial charge in [-0.05, 0) is 23.8 Å². The number of aliphatic carboxylic acids is 1. The summed E-state index contributed by atoms with van der Waals surface area (Å²) in [6, 6.07) is 4.88. The van der Waals surface area contributed by atoms with E-state index in [4.69, 9.17) is 5.11 Å². The Morgan fingerprint density at radius 3 is 2.83 bits per heavy atom. The summed E-state index contributed by atoms with van der Waals surface area (Å²) >= 11 is 0. The van der Waals surface area contributed by atoms with E-state index in [1.807, 2.05) is 0 Å². The Labute approximate surface area is 103 Å². The number of benzene rings is 1. The number of carboxylic acid groups (broad SMARTS) is 1. The third-order valence-electron chi connectivity index (χ3n) is 2.82. The monoisotopic (exact) mass is 248 g/mol. The molecule has 94 valence electrons. The highest BCUT2D eigenvalue weighted by atomic mass is 16.4. The molecule has 2 N–H and O–H groups in total. The number of carbonyl (C=O) groups is 3. The van der Waals surface area contributed by atoms with Crippen molar-refractivity contribution in [3.63, 3.8) is 0 Å². The second-order valence-electron chi connectivity index (χ2n) is 4.05. The molecule has 2 rings (SSSR count). The molecule has 0 saturated heterocycles. The number of anilines is 1. The number of nitrogens with one attached hydrogen (secondary N) is 1. The van der Waals surface area contributed by atoms with E-state index < -0.39 is 18.4 Å². The highest BCUT2D eigenvalue weighted by Crippen LogP contribution is 2.28. The van der Waals surface area contributed by atoms with Gasteiger partial charge in [-0.25, -0.2) is 0 Å². The third kappa shape index (κ3) is 2.17. The molecule has 0 radical (unpaired) electrons. The van der Waals surface area contributed by atoms with Gasteiger partial charge in [-0.1, -0.05) is 0 Å². The molecule has 18 heavy (non-hydrogen) atoms. The first-order valence-corrected chi connectivity index (χ1v) is 5.38. The van der Waals surface area contributed by atoms with Gasteiger partial charge < -0.3 is 15.3 Å². The lowest BCUT2D eigenvalue weighted by Gasteiger charge is -2.10. The Morgan fingerprint density at radius 1 is 1.44 bits per heavy atom. The molecule has 1 aromatic carbocycles. The van der Waals surface area contributed by atoms with Crippen LogP contribution in [0.2, 0.25) is 0 Å². The number of fused-ring (bicyclic) bond motifs is 1. The van der Waals surface area contributed by atoms with Gasteiger partial charge in [0.2, 0.25) is 5.91 Å². The van der Waals surface area contributed by atoms with Crippen molar-refractivity contribution in [1.82, 2.24) is 5.32 Å². The van der Waals surface area contributed by atoms with Gasteiger partial charge in [0.05, 0.1) is 6.42 Å². The van der Waals surface area contributed by atoms with Gasteiger partial charge in [-0.2, -0.15) is 0 Å². The SMILES string of the molecule is CN1C(=O)Cc2cc(C(=O)NCC(=O)O)ccc21. The van der Waals surface area contributed by atoms with Crippen molar-refractivity contribution in [2.75, 3.05) is 18.5 Å². The lowest BCUT2D eigenvalue weighted by atomic mass is 10.1. The Kier molecular flexibility index (Phi) is 3.01. The minimum Gasteiger partial charge on any atom is -0.480 e. The highest BCUT2D eigenvalue weighted by molar-refractivity contribution is 6.03. The lowest BCUT2D eigenvalue weighted by molar-refractivity contribution is -0.135. The summed E-state index contributed by atoms with van der Waals surface area (Å²) < 4.78 is 0. The molecule has 6 heteroatoms. The van der Waals surface area contributed by atoms with Gasteiger partial charge >= 0.3 is 5.97 Å². The van der Waals surface area contributed by atoms with Gasteiger partial charge in [-0.3, -0.25) is 14.4 Å². The molecule has 0 aliphatic carbocycles. The predicted molar refractivity (Wildman–Crippen MR) is 63.5 cm³/mol. The third-order valence-corrected chi connectivity index (χ3v) is 2.82. The summed E-state index contributed by atoms with van der Waals surface area (Å²) in [5.41, 5.74) is 1.93. The van der Waals surface area contributed by atoms with Crippen LogP contribution in [0.5, 0.6) is 0 Å². The number of nitrogens with zero attached hydrogens (tertiary/aromatic N) is 1. The van der Waals surface area contributed by atoms with Crippen LogP contribution in [0.1, 0.15) is 15.9 Å². The van der Waals surface area contributed by atoms with Gasteiger partial charge in [0, 0.05) is 18.3 Å². The van der Waals surface area contributed by atoms with Gasteiger partial charge in [0.1, 0.15) is 6.54 Å². The number of rotatable bonds is 3. The van der Waals surface area contributed by atoms with E-state index in [1.54, 1.807) is 25.2 Å². The summed E-state index contributed by atoms with van der Waals surface area (Å²) in [5.74, 6) is -1.57. The second-order valence-corrected chi connectivity index (χ2v) is 4.05.